The Labute approximate surface area is 164 Å². The van der Waals surface area contributed by atoms with Crippen LogP contribution in [0.2, 0.25) is 0 Å². The van der Waals surface area contributed by atoms with E-state index in [1.807, 2.05) is 0 Å². The standard InChI is InChI=1S/C25H32N2/c1-4-5-6-7-10-16-26-17-15-24(22(3)20-26)23-13-18-27(19-14-23)25-12-9-8-11-21(25)2/h8-9,11-15,17-20H,4-7,10,16H2,1-3H3/q+2. The van der Waals surface area contributed by atoms with Gasteiger partial charge in [0.05, 0.1) is 0 Å². The highest BCUT2D eigenvalue weighted by Crippen LogP contribution is 2.21. The second-order valence-corrected chi connectivity index (χ2v) is 7.47. The average Bonchev–Trinajstić information content (AvgIpc) is 2.69. The van der Waals surface area contributed by atoms with Gasteiger partial charge in [0.2, 0.25) is 5.69 Å². The van der Waals surface area contributed by atoms with E-state index in [9.17, 15) is 0 Å². The van der Waals surface area contributed by atoms with E-state index in [0.717, 1.165) is 6.54 Å². The highest BCUT2D eigenvalue weighted by Gasteiger charge is 2.12. The first-order valence-corrected chi connectivity index (χ1v) is 10.3. The zero-order valence-electron chi connectivity index (χ0n) is 17.0. The monoisotopic (exact) mass is 360 g/mol. The van der Waals surface area contributed by atoms with Gasteiger partial charge in [-0.3, -0.25) is 0 Å². The molecule has 27 heavy (non-hydrogen) atoms. The Hall–Kier alpha value is -2.48. The van der Waals surface area contributed by atoms with Crippen LogP contribution in [0.25, 0.3) is 16.8 Å². The Bertz CT molecular complexity index is 866. The Kier molecular flexibility index (Phi) is 6.75. The third-order valence-electron chi connectivity index (χ3n) is 5.27. The van der Waals surface area contributed by atoms with Gasteiger partial charge < -0.3 is 0 Å². The second-order valence-electron chi connectivity index (χ2n) is 7.47. The van der Waals surface area contributed by atoms with Crippen molar-refractivity contribution in [3.05, 3.63) is 78.4 Å². The smallest absolute Gasteiger partial charge is 0.205 e. The maximum Gasteiger partial charge on any atom is 0.213 e. The zero-order valence-corrected chi connectivity index (χ0v) is 17.0. The van der Waals surface area contributed by atoms with Gasteiger partial charge in [-0.2, -0.15) is 4.57 Å². The van der Waals surface area contributed by atoms with Crippen molar-refractivity contribution in [3.63, 3.8) is 0 Å². The predicted molar refractivity (Wildman–Crippen MR) is 112 cm³/mol. The number of aromatic nitrogens is 2. The minimum atomic E-state index is 1.12. The summed E-state index contributed by atoms with van der Waals surface area (Å²) in [5.41, 5.74) is 6.43. The summed E-state index contributed by atoms with van der Waals surface area (Å²) in [6.07, 6.45) is 15.5. The van der Waals surface area contributed by atoms with Crippen molar-refractivity contribution in [2.45, 2.75) is 59.4 Å². The van der Waals surface area contributed by atoms with Crippen LogP contribution in [0, 0.1) is 13.8 Å². The zero-order chi connectivity index (χ0) is 19.1. The molecule has 2 nitrogen and oxygen atoms in total. The number of para-hydroxylation sites is 1. The van der Waals surface area contributed by atoms with Gasteiger partial charge in [-0.25, -0.2) is 4.57 Å². The number of unbranched alkanes of at least 4 members (excludes halogenated alkanes) is 4. The lowest BCUT2D eigenvalue weighted by Crippen LogP contribution is -2.33. The Morgan fingerprint density at radius 2 is 1.48 bits per heavy atom. The fourth-order valence-corrected chi connectivity index (χ4v) is 3.64. The molecule has 0 N–H and O–H groups in total. The minimum Gasteiger partial charge on any atom is -0.205 e. The molecule has 0 bridgehead atoms. The third kappa shape index (κ3) is 5.03. The molecule has 0 spiro atoms. The van der Waals surface area contributed by atoms with Gasteiger partial charge >= 0.3 is 0 Å². The largest absolute Gasteiger partial charge is 0.213 e. The van der Waals surface area contributed by atoms with Gasteiger partial charge in [0.15, 0.2) is 24.8 Å². The first kappa shape index (κ1) is 19.3. The van der Waals surface area contributed by atoms with E-state index in [4.69, 9.17) is 0 Å². The van der Waals surface area contributed by atoms with Crippen molar-refractivity contribution in [1.29, 1.82) is 0 Å². The quantitative estimate of drug-likeness (QED) is 0.370. The van der Waals surface area contributed by atoms with Crippen LogP contribution in [-0.4, -0.2) is 0 Å². The first-order chi connectivity index (χ1) is 13.2. The van der Waals surface area contributed by atoms with E-state index in [1.54, 1.807) is 0 Å². The Morgan fingerprint density at radius 1 is 0.741 bits per heavy atom. The van der Waals surface area contributed by atoms with Crippen LogP contribution in [0.1, 0.15) is 50.2 Å². The lowest BCUT2D eigenvalue weighted by Gasteiger charge is -2.06. The topological polar surface area (TPSA) is 7.76 Å². The molecule has 0 aliphatic carbocycles. The Morgan fingerprint density at radius 3 is 2.19 bits per heavy atom. The van der Waals surface area contributed by atoms with Gasteiger partial charge in [0.25, 0.3) is 0 Å². The highest BCUT2D eigenvalue weighted by atomic mass is 14.9. The van der Waals surface area contributed by atoms with Crippen LogP contribution in [-0.2, 0) is 6.54 Å². The van der Waals surface area contributed by atoms with Crippen molar-refractivity contribution in [1.82, 2.24) is 0 Å². The van der Waals surface area contributed by atoms with Crippen molar-refractivity contribution in [3.8, 4) is 16.8 Å². The van der Waals surface area contributed by atoms with E-state index in [1.165, 1.54) is 60.0 Å². The van der Waals surface area contributed by atoms with Crippen LogP contribution in [0.15, 0.2) is 67.3 Å². The first-order valence-electron chi connectivity index (χ1n) is 10.3. The van der Waals surface area contributed by atoms with Gasteiger partial charge in [-0.05, 0) is 31.4 Å². The summed E-state index contributed by atoms with van der Waals surface area (Å²) < 4.78 is 4.52. The summed E-state index contributed by atoms with van der Waals surface area (Å²) in [4.78, 5) is 0. The molecular weight excluding hydrogens is 328 g/mol. The molecule has 0 amide bonds. The van der Waals surface area contributed by atoms with Gasteiger partial charge in [0.1, 0.15) is 6.54 Å². The number of hydrogen-bond acceptors (Lipinski definition) is 0. The summed E-state index contributed by atoms with van der Waals surface area (Å²) in [6, 6.07) is 15.2. The minimum absolute atomic E-state index is 1.12. The summed E-state index contributed by atoms with van der Waals surface area (Å²) >= 11 is 0. The SMILES string of the molecule is CCCCCCC[n+]1ccc(-c2cc[n+](-c3ccccc3C)cc2)c(C)c1. The second kappa shape index (κ2) is 9.45. The summed E-state index contributed by atoms with van der Waals surface area (Å²) in [5, 5.41) is 0. The lowest BCUT2D eigenvalue weighted by atomic mass is 10.0. The molecule has 0 saturated heterocycles. The predicted octanol–water partition coefficient (Wildman–Crippen LogP) is 5.51. The average molecular weight is 361 g/mol. The fourth-order valence-electron chi connectivity index (χ4n) is 3.64. The van der Waals surface area contributed by atoms with Crippen LogP contribution in [0.5, 0.6) is 0 Å². The van der Waals surface area contributed by atoms with Crippen LogP contribution in [0.4, 0.5) is 0 Å². The number of aryl methyl sites for hydroxylation is 3. The fraction of sp³-hybridized carbons (Fsp3) is 0.360. The molecule has 1 aromatic carbocycles. The number of pyridine rings is 2. The van der Waals surface area contributed by atoms with Gasteiger partial charge in [-0.1, -0.05) is 44.4 Å². The van der Waals surface area contributed by atoms with Gasteiger partial charge in [-0.15, -0.1) is 0 Å². The molecule has 140 valence electrons. The third-order valence-corrected chi connectivity index (χ3v) is 5.27. The van der Waals surface area contributed by atoms with Crippen molar-refractivity contribution in [2.75, 3.05) is 0 Å². The van der Waals surface area contributed by atoms with Crippen LogP contribution < -0.4 is 9.13 Å². The molecule has 0 radical (unpaired) electrons. The van der Waals surface area contributed by atoms with E-state index in [0.29, 0.717) is 0 Å². The van der Waals surface area contributed by atoms with Crippen LogP contribution >= 0.6 is 0 Å². The molecule has 3 aromatic rings. The molecule has 0 saturated carbocycles. The maximum atomic E-state index is 2.33. The molecular formula is C25H32N2+2. The molecule has 3 rings (SSSR count). The van der Waals surface area contributed by atoms with Crippen molar-refractivity contribution >= 4 is 0 Å². The molecule has 0 fully saturated rings. The van der Waals surface area contributed by atoms with Crippen molar-refractivity contribution < 1.29 is 9.13 Å². The highest BCUT2D eigenvalue weighted by molar-refractivity contribution is 5.65. The number of nitrogens with zero attached hydrogens (tertiary/aromatic N) is 2. The van der Waals surface area contributed by atoms with Crippen LogP contribution in [0.3, 0.4) is 0 Å². The van der Waals surface area contributed by atoms with E-state index >= 15 is 0 Å². The number of hydrogen-bond donors (Lipinski definition) is 0. The Balaban J connectivity index is 1.70. The molecule has 0 aliphatic rings. The molecule has 0 atom stereocenters. The maximum absolute atomic E-state index is 2.33. The van der Waals surface area contributed by atoms with Gasteiger partial charge in [0, 0.05) is 41.8 Å². The molecule has 0 unspecified atom stereocenters. The molecule has 2 aromatic heterocycles. The molecule has 0 aliphatic heterocycles. The number of benzene rings is 1. The molecule has 2 heteroatoms. The van der Waals surface area contributed by atoms with E-state index in [2.05, 4.69) is 97.2 Å². The number of rotatable bonds is 8. The molecule has 2 heterocycles. The summed E-state index contributed by atoms with van der Waals surface area (Å²) in [6.45, 7) is 7.75. The van der Waals surface area contributed by atoms with Crippen molar-refractivity contribution in [2.24, 2.45) is 0 Å². The van der Waals surface area contributed by atoms with E-state index < -0.39 is 0 Å². The summed E-state index contributed by atoms with van der Waals surface area (Å²) in [7, 11) is 0. The summed E-state index contributed by atoms with van der Waals surface area (Å²) in [5.74, 6) is 0. The lowest BCUT2D eigenvalue weighted by molar-refractivity contribution is -0.697. The normalized spacial score (nSPS) is 10.9. The van der Waals surface area contributed by atoms with E-state index in [-0.39, 0.29) is 0 Å².